The number of nitro benzene ring substituents is 1. The van der Waals surface area contributed by atoms with Gasteiger partial charge in [-0.25, -0.2) is 4.39 Å². The molecule has 1 unspecified atom stereocenters. The van der Waals surface area contributed by atoms with E-state index < -0.39 is 10.7 Å². The van der Waals surface area contributed by atoms with Crippen molar-refractivity contribution in [2.75, 3.05) is 5.32 Å². The molecule has 6 heteroatoms. The Balaban J connectivity index is 2.32. The van der Waals surface area contributed by atoms with Crippen LogP contribution in [0.15, 0.2) is 42.5 Å². The van der Waals surface area contributed by atoms with Gasteiger partial charge in [-0.3, -0.25) is 10.1 Å². The first-order valence-corrected chi connectivity index (χ1v) is 6.85. The van der Waals surface area contributed by atoms with Gasteiger partial charge in [-0.2, -0.15) is 0 Å². The maximum atomic E-state index is 13.8. The molecule has 21 heavy (non-hydrogen) atoms. The van der Waals surface area contributed by atoms with E-state index in [1.165, 1.54) is 24.3 Å². The second kappa shape index (κ2) is 6.54. The normalized spacial score (nSPS) is 12.0. The van der Waals surface area contributed by atoms with E-state index >= 15 is 0 Å². The van der Waals surface area contributed by atoms with E-state index in [9.17, 15) is 14.5 Å². The monoisotopic (exact) mass is 308 g/mol. The van der Waals surface area contributed by atoms with Gasteiger partial charge < -0.3 is 5.32 Å². The van der Waals surface area contributed by atoms with Crippen molar-refractivity contribution >= 4 is 23.0 Å². The summed E-state index contributed by atoms with van der Waals surface area (Å²) in [6.45, 7) is 1.91. The van der Waals surface area contributed by atoms with E-state index in [1.54, 1.807) is 18.2 Å². The van der Waals surface area contributed by atoms with Gasteiger partial charge >= 0.3 is 0 Å². The number of halogens is 2. The van der Waals surface area contributed by atoms with Crippen molar-refractivity contribution in [3.63, 3.8) is 0 Å². The highest BCUT2D eigenvalue weighted by Gasteiger charge is 2.16. The third-order valence-electron chi connectivity index (χ3n) is 3.17. The molecule has 2 aromatic rings. The zero-order valence-corrected chi connectivity index (χ0v) is 12.1. The molecule has 1 atom stereocenters. The summed E-state index contributed by atoms with van der Waals surface area (Å²) >= 11 is 5.99. The molecule has 1 N–H and O–H groups in total. The molecule has 0 saturated carbocycles. The molecule has 2 rings (SSSR count). The smallest absolute Gasteiger partial charge is 0.269 e. The summed E-state index contributed by atoms with van der Waals surface area (Å²) in [7, 11) is 0. The van der Waals surface area contributed by atoms with Crippen molar-refractivity contribution in [3.8, 4) is 0 Å². The Morgan fingerprint density at radius 1 is 1.33 bits per heavy atom. The number of hydrogen-bond acceptors (Lipinski definition) is 3. The minimum absolute atomic E-state index is 0.00683. The molecule has 0 radical (unpaired) electrons. The van der Waals surface area contributed by atoms with Gasteiger partial charge in [0.2, 0.25) is 0 Å². The number of nitro groups is 1. The van der Waals surface area contributed by atoms with Crippen LogP contribution in [0.4, 0.5) is 15.8 Å². The molecule has 0 aliphatic rings. The molecule has 0 aliphatic heterocycles. The van der Waals surface area contributed by atoms with Gasteiger partial charge in [-0.05, 0) is 24.1 Å². The Morgan fingerprint density at radius 3 is 2.67 bits per heavy atom. The number of hydrogen-bond donors (Lipinski definition) is 1. The number of rotatable bonds is 5. The lowest BCUT2D eigenvalue weighted by Crippen LogP contribution is -2.11. The lowest BCUT2D eigenvalue weighted by molar-refractivity contribution is -0.384. The lowest BCUT2D eigenvalue weighted by Gasteiger charge is -2.20. The molecule has 110 valence electrons. The van der Waals surface area contributed by atoms with Gasteiger partial charge in [0.15, 0.2) is 0 Å². The van der Waals surface area contributed by atoms with Crippen LogP contribution in [0.2, 0.25) is 5.02 Å². The standard InChI is InChI=1S/C15H14ClFN2O2/c1-2-14(10-5-3-6-11(9-10)19(20)21)18-15-12(16)7-4-8-13(15)17/h3-9,14,18H,2H2,1H3. The zero-order chi connectivity index (χ0) is 15.4. The van der Waals surface area contributed by atoms with Gasteiger partial charge in [0.25, 0.3) is 5.69 Å². The summed E-state index contributed by atoms with van der Waals surface area (Å²) in [5, 5.41) is 14.1. The molecule has 0 amide bonds. The fraction of sp³-hybridized carbons (Fsp3) is 0.200. The summed E-state index contributed by atoms with van der Waals surface area (Å²) in [5.41, 5.74) is 0.927. The number of nitrogens with zero attached hydrogens (tertiary/aromatic N) is 1. The van der Waals surface area contributed by atoms with Gasteiger partial charge in [-0.15, -0.1) is 0 Å². The van der Waals surface area contributed by atoms with E-state index in [0.717, 1.165) is 0 Å². The summed E-state index contributed by atoms with van der Waals surface area (Å²) in [6, 6.07) is 10.4. The predicted octanol–water partition coefficient (Wildman–Crippen LogP) is 4.95. The summed E-state index contributed by atoms with van der Waals surface area (Å²) < 4.78 is 13.8. The zero-order valence-electron chi connectivity index (χ0n) is 11.3. The van der Waals surface area contributed by atoms with Crippen LogP contribution >= 0.6 is 11.6 Å². The highest BCUT2D eigenvalue weighted by Crippen LogP contribution is 2.31. The van der Waals surface area contributed by atoms with E-state index in [4.69, 9.17) is 11.6 Å². The van der Waals surface area contributed by atoms with Crippen molar-refractivity contribution in [2.24, 2.45) is 0 Å². The topological polar surface area (TPSA) is 55.2 Å². The Labute approximate surface area is 126 Å². The second-order valence-electron chi connectivity index (χ2n) is 4.55. The maximum absolute atomic E-state index is 13.8. The Hall–Kier alpha value is -2.14. The van der Waals surface area contributed by atoms with Crippen molar-refractivity contribution in [1.82, 2.24) is 0 Å². The van der Waals surface area contributed by atoms with Crippen LogP contribution in [0, 0.1) is 15.9 Å². The number of anilines is 1. The molecule has 0 bridgehead atoms. The van der Waals surface area contributed by atoms with Crippen LogP contribution in [0.25, 0.3) is 0 Å². The number of nitrogens with one attached hydrogen (secondary N) is 1. The quantitative estimate of drug-likeness (QED) is 0.628. The largest absolute Gasteiger partial charge is 0.375 e. The molecule has 0 heterocycles. The third kappa shape index (κ3) is 3.49. The Morgan fingerprint density at radius 2 is 2.05 bits per heavy atom. The van der Waals surface area contributed by atoms with Crippen LogP contribution in [-0.2, 0) is 0 Å². The van der Waals surface area contributed by atoms with Crippen molar-refractivity contribution in [1.29, 1.82) is 0 Å². The van der Waals surface area contributed by atoms with Gasteiger partial charge in [0, 0.05) is 12.1 Å². The highest BCUT2D eigenvalue weighted by atomic mass is 35.5. The molecule has 4 nitrogen and oxygen atoms in total. The van der Waals surface area contributed by atoms with Crippen LogP contribution in [0.5, 0.6) is 0 Å². The van der Waals surface area contributed by atoms with E-state index in [0.29, 0.717) is 12.0 Å². The van der Waals surface area contributed by atoms with Crippen molar-refractivity contribution in [2.45, 2.75) is 19.4 Å². The van der Waals surface area contributed by atoms with Crippen molar-refractivity contribution in [3.05, 3.63) is 69.0 Å². The molecule has 2 aromatic carbocycles. The maximum Gasteiger partial charge on any atom is 0.269 e. The first-order valence-electron chi connectivity index (χ1n) is 6.47. The molecule has 0 saturated heterocycles. The van der Waals surface area contributed by atoms with E-state index in [-0.39, 0.29) is 22.4 Å². The third-order valence-corrected chi connectivity index (χ3v) is 3.49. The van der Waals surface area contributed by atoms with Gasteiger partial charge in [0.1, 0.15) is 5.82 Å². The fourth-order valence-corrected chi connectivity index (χ4v) is 2.30. The van der Waals surface area contributed by atoms with Gasteiger partial charge in [0.05, 0.1) is 21.7 Å². The first-order chi connectivity index (χ1) is 10.0. The molecular weight excluding hydrogens is 295 g/mol. The van der Waals surface area contributed by atoms with Crippen LogP contribution in [-0.4, -0.2) is 4.92 Å². The molecule has 0 aromatic heterocycles. The average molecular weight is 309 g/mol. The van der Waals surface area contributed by atoms with Crippen LogP contribution in [0.3, 0.4) is 0 Å². The number of benzene rings is 2. The minimum atomic E-state index is -0.452. The number of non-ortho nitro benzene ring substituents is 1. The molecule has 0 fully saturated rings. The highest BCUT2D eigenvalue weighted by molar-refractivity contribution is 6.33. The summed E-state index contributed by atoms with van der Waals surface area (Å²) in [5.74, 6) is -0.452. The van der Waals surface area contributed by atoms with Crippen molar-refractivity contribution < 1.29 is 9.31 Å². The van der Waals surface area contributed by atoms with E-state index in [2.05, 4.69) is 5.32 Å². The molecule has 0 aliphatic carbocycles. The number of para-hydroxylation sites is 1. The van der Waals surface area contributed by atoms with Crippen LogP contribution < -0.4 is 5.32 Å². The minimum Gasteiger partial charge on any atom is -0.375 e. The molecule has 0 spiro atoms. The van der Waals surface area contributed by atoms with Crippen LogP contribution in [0.1, 0.15) is 24.9 Å². The Kier molecular flexibility index (Phi) is 4.75. The SMILES string of the molecule is CCC(Nc1c(F)cccc1Cl)c1cccc([N+](=O)[O-])c1. The second-order valence-corrected chi connectivity index (χ2v) is 4.96. The predicted molar refractivity (Wildman–Crippen MR) is 81.2 cm³/mol. The Bertz CT molecular complexity index is 644. The average Bonchev–Trinajstić information content (AvgIpc) is 2.47. The lowest BCUT2D eigenvalue weighted by atomic mass is 10.0. The first kappa shape index (κ1) is 15.3. The fourth-order valence-electron chi connectivity index (χ4n) is 2.09. The van der Waals surface area contributed by atoms with E-state index in [1.807, 2.05) is 6.92 Å². The molecular formula is C15H14ClFN2O2. The summed E-state index contributed by atoms with van der Waals surface area (Å²) in [4.78, 5) is 10.4. The summed E-state index contributed by atoms with van der Waals surface area (Å²) in [6.07, 6.45) is 0.631. The van der Waals surface area contributed by atoms with Gasteiger partial charge in [-0.1, -0.05) is 36.7 Å².